The Balaban J connectivity index is 1.54. The van der Waals surface area contributed by atoms with E-state index in [9.17, 15) is 24.3 Å². The van der Waals surface area contributed by atoms with E-state index in [1.807, 2.05) is 30.3 Å². The number of carbonyl (C=O) groups is 4. The highest BCUT2D eigenvalue weighted by Crippen LogP contribution is 2.49. The monoisotopic (exact) mass is 446 g/mol. The van der Waals surface area contributed by atoms with Crippen molar-refractivity contribution < 1.29 is 28.9 Å². The maximum Gasteiger partial charge on any atom is 0.283 e. The summed E-state index contributed by atoms with van der Waals surface area (Å²) in [5.74, 6) is -2.65. The molecule has 0 radical (unpaired) electrons. The molecular weight excluding hydrogens is 424 g/mol. The summed E-state index contributed by atoms with van der Waals surface area (Å²) in [6.07, 6.45) is 5.81. The van der Waals surface area contributed by atoms with E-state index in [1.54, 1.807) is 22.9 Å². The third-order valence-electron chi connectivity index (χ3n) is 6.71. The lowest BCUT2D eigenvalue weighted by Gasteiger charge is -2.53. The quantitative estimate of drug-likeness (QED) is 0.470. The van der Waals surface area contributed by atoms with Crippen molar-refractivity contribution in [1.29, 1.82) is 0 Å². The molecule has 0 spiro atoms. The van der Waals surface area contributed by atoms with Crippen molar-refractivity contribution in [3.05, 3.63) is 59.4 Å². The van der Waals surface area contributed by atoms with Crippen molar-refractivity contribution in [3.8, 4) is 0 Å². The third kappa shape index (κ3) is 3.19. The molecule has 1 unspecified atom stereocenters. The first-order valence-electron chi connectivity index (χ1n) is 10.7. The Labute approximate surface area is 189 Å². The number of rotatable bonds is 5. The van der Waals surface area contributed by atoms with Crippen LogP contribution in [-0.4, -0.2) is 52.1 Å². The molecule has 9 heteroatoms. The molecule has 1 aromatic heterocycles. The molecule has 0 bridgehead atoms. The molecule has 3 amide bonds. The van der Waals surface area contributed by atoms with Crippen molar-refractivity contribution in [3.63, 3.8) is 0 Å². The molecule has 0 saturated carbocycles. The molecule has 3 atom stereocenters. The number of aromatic nitrogens is 1. The maximum absolute atomic E-state index is 12.7. The van der Waals surface area contributed by atoms with Gasteiger partial charge in [-0.25, -0.2) is 0 Å². The first-order chi connectivity index (χ1) is 15.8. The second-order valence-corrected chi connectivity index (χ2v) is 8.60. The number of aliphatic carboxylic acids is 1. The second-order valence-electron chi connectivity index (χ2n) is 8.60. The largest absolute Gasteiger partial charge is 0.543 e. The first-order valence-corrected chi connectivity index (χ1v) is 10.7. The molecule has 4 heterocycles. The molecule has 2 fully saturated rings. The molecule has 33 heavy (non-hydrogen) atoms. The summed E-state index contributed by atoms with van der Waals surface area (Å²) in [4.78, 5) is 51.0. The predicted octanol–water partition coefficient (Wildman–Crippen LogP) is -0.909. The standard InChI is InChI=1S/C24H22N4O5/c1-13(29)27-9-8-17-16(21(24(32)33)28-20(17)22(27)23(28)31)7-6-14-10-15-4-2-3-5-18(15)26(11-14)12-19(25)30/h2-7,10-11,17,20,22H,8-9,12H2,1H3,(H2-,25,30,32,33)/b7-6+/t17?,20-,22+/m1/s1. The van der Waals surface area contributed by atoms with E-state index in [2.05, 4.69) is 0 Å². The Morgan fingerprint density at radius 3 is 2.70 bits per heavy atom. The number of carboxylic acids is 1. The third-order valence-corrected chi connectivity index (χ3v) is 6.71. The highest BCUT2D eigenvalue weighted by Gasteiger charge is 2.62. The van der Waals surface area contributed by atoms with Crippen LogP contribution < -0.4 is 15.4 Å². The van der Waals surface area contributed by atoms with E-state index in [1.165, 1.54) is 16.7 Å². The summed E-state index contributed by atoms with van der Waals surface area (Å²) in [5, 5.41) is 12.9. The number of fused-ring (bicyclic) bond motifs is 1. The molecule has 9 nitrogen and oxygen atoms in total. The summed E-state index contributed by atoms with van der Waals surface area (Å²) in [6.45, 7) is 1.82. The average molecular weight is 446 g/mol. The van der Waals surface area contributed by atoms with Crippen LogP contribution in [0.4, 0.5) is 0 Å². The smallest absolute Gasteiger partial charge is 0.283 e. The van der Waals surface area contributed by atoms with E-state index in [0.29, 0.717) is 18.5 Å². The predicted molar refractivity (Wildman–Crippen MR) is 114 cm³/mol. The number of likely N-dealkylation sites (tertiary alicyclic amines) is 1. The minimum Gasteiger partial charge on any atom is -0.543 e. The van der Waals surface area contributed by atoms with Gasteiger partial charge in [-0.15, -0.1) is 0 Å². The number of piperidine rings is 1. The zero-order chi connectivity index (χ0) is 23.4. The average Bonchev–Trinajstić information content (AvgIpc) is 3.09. The topological polar surface area (TPSA) is 128 Å². The number of hydrogen-bond donors (Lipinski definition) is 1. The van der Waals surface area contributed by atoms with Gasteiger partial charge in [-0.2, -0.15) is 4.57 Å². The van der Waals surface area contributed by atoms with Crippen LogP contribution in [0.1, 0.15) is 18.9 Å². The van der Waals surface area contributed by atoms with Crippen LogP contribution in [0.2, 0.25) is 0 Å². The van der Waals surface area contributed by atoms with Gasteiger partial charge in [-0.3, -0.25) is 14.4 Å². The number of carboxylic acid groups (broad SMARTS) is 1. The Kier molecular flexibility index (Phi) is 4.77. The molecule has 168 valence electrons. The highest BCUT2D eigenvalue weighted by molar-refractivity contribution is 6.03. The number of hydrogen-bond acceptors (Lipinski definition) is 5. The lowest BCUT2D eigenvalue weighted by Crippen LogP contribution is -2.73. The number of allylic oxidation sites excluding steroid dienone is 1. The molecule has 0 aliphatic carbocycles. The highest BCUT2D eigenvalue weighted by atomic mass is 16.4. The summed E-state index contributed by atoms with van der Waals surface area (Å²) in [5.41, 5.74) is 7.40. The fraction of sp³-hybridized carbons (Fsp3) is 0.292. The van der Waals surface area contributed by atoms with Crippen molar-refractivity contribution >= 4 is 40.7 Å². The summed E-state index contributed by atoms with van der Waals surface area (Å²) >= 11 is 0. The number of nitrogens with zero attached hydrogens (tertiary/aromatic N) is 3. The Hall–Kier alpha value is -4.01. The number of β-lactam (4-membered cyclic amide) rings is 1. The van der Waals surface area contributed by atoms with Gasteiger partial charge in [0.15, 0.2) is 6.20 Å². The van der Waals surface area contributed by atoms with Crippen LogP contribution in [0.3, 0.4) is 0 Å². The maximum atomic E-state index is 12.7. The number of benzene rings is 1. The van der Waals surface area contributed by atoms with E-state index < -0.39 is 17.9 Å². The summed E-state index contributed by atoms with van der Waals surface area (Å²) in [7, 11) is 0. The number of primary amides is 1. The van der Waals surface area contributed by atoms with Crippen LogP contribution in [0, 0.1) is 5.92 Å². The van der Waals surface area contributed by atoms with Gasteiger partial charge < -0.3 is 25.4 Å². The number of para-hydroxylation sites is 1. The molecule has 1 aromatic carbocycles. The number of pyridine rings is 1. The summed E-state index contributed by atoms with van der Waals surface area (Å²) < 4.78 is 1.75. The van der Waals surface area contributed by atoms with Gasteiger partial charge in [0, 0.05) is 36.4 Å². The van der Waals surface area contributed by atoms with Crippen LogP contribution in [0.15, 0.2) is 53.9 Å². The van der Waals surface area contributed by atoms with Crippen molar-refractivity contribution in [2.45, 2.75) is 32.0 Å². The first kappa shape index (κ1) is 20.9. The Bertz CT molecular complexity index is 1300. The van der Waals surface area contributed by atoms with E-state index in [4.69, 9.17) is 5.73 Å². The van der Waals surface area contributed by atoms with Gasteiger partial charge in [0.1, 0.15) is 6.04 Å². The number of nitrogens with two attached hydrogens (primary N) is 1. The second kappa shape index (κ2) is 7.54. The zero-order valence-electron chi connectivity index (χ0n) is 17.9. The van der Waals surface area contributed by atoms with Crippen LogP contribution in [-0.2, 0) is 25.7 Å². The molecule has 3 aliphatic heterocycles. The summed E-state index contributed by atoms with van der Waals surface area (Å²) in [6, 6.07) is 8.49. The van der Waals surface area contributed by atoms with E-state index in [0.717, 1.165) is 16.5 Å². The van der Waals surface area contributed by atoms with Gasteiger partial charge in [0.2, 0.25) is 18.0 Å². The van der Waals surface area contributed by atoms with E-state index in [-0.39, 0.29) is 36.0 Å². The molecule has 3 aliphatic rings. The van der Waals surface area contributed by atoms with Gasteiger partial charge >= 0.3 is 0 Å². The Morgan fingerprint density at radius 2 is 2.00 bits per heavy atom. The molecular formula is C24H22N4O5. The van der Waals surface area contributed by atoms with Crippen LogP contribution >= 0.6 is 0 Å². The SMILES string of the molecule is CC(=O)N1CCC2C(/C=C/c3cc4ccccc4[n+](CC(N)=O)c3)=C(C(=O)[O-])N3C(=O)[C@@H]1[C@@H]23. The van der Waals surface area contributed by atoms with Crippen molar-refractivity contribution in [1.82, 2.24) is 9.80 Å². The minimum atomic E-state index is -1.41. The van der Waals surface area contributed by atoms with Gasteiger partial charge in [-0.05, 0) is 30.2 Å². The van der Waals surface area contributed by atoms with Crippen molar-refractivity contribution in [2.75, 3.05) is 6.54 Å². The minimum absolute atomic E-state index is 0.00469. The molecule has 2 aromatic rings. The molecule has 2 saturated heterocycles. The van der Waals surface area contributed by atoms with Crippen LogP contribution in [0.5, 0.6) is 0 Å². The van der Waals surface area contributed by atoms with E-state index >= 15 is 0 Å². The number of carbonyl (C=O) groups excluding carboxylic acids is 4. The normalized spacial score (nSPS) is 23.8. The molecule has 5 rings (SSSR count). The van der Waals surface area contributed by atoms with Gasteiger partial charge in [0.05, 0.1) is 17.7 Å². The Morgan fingerprint density at radius 1 is 1.24 bits per heavy atom. The number of amides is 3. The lowest BCUT2D eigenvalue weighted by molar-refractivity contribution is -0.658. The van der Waals surface area contributed by atoms with Gasteiger partial charge in [-0.1, -0.05) is 18.2 Å². The van der Waals surface area contributed by atoms with Crippen molar-refractivity contribution in [2.24, 2.45) is 11.7 Å². The zero-order valence-corrected chi connectivity index (χ0v) is 17.9. The van der Waals surface area contributed by atoms with Crippen LogP contribution in [0.25, 0.3) is 17.0 Å². The molecule has 2 N–H and O–H groups in total. The van der Waals surface area contributed by atoms with Gasteiger partial charge in [0.25, 0.3) is 11.8 Å². The fourth-order valence-corrected chi connectivity index (χ4v) is 5.40. The fourth-order valence-electron chi connectivity index (χ4n) is 5.40. The lowest BCUT2D eigenvalue weighted by atomic mass is 9.78.